The summed E-state index contributed by atoms with van der Waals surface area (Å²) in [7, 11) is 0. The van der Waals surface area contributed by atoms with E-state index in [0.717, 1.165) is 27.4 Å². The van der Waals surface area contributed by atoms with Crippen molar-refractivity contribution in [1.82, 2.24) is 4.57 Å². The Morgan fingerprint density at radius 1 is 0.826 bits per heavy atom. The highest BCUT2D eigenvalue weighted by molar-refractivity contribution is 6.14. The second-order valence-corrected chi connectivity index (χ2v) is 5.58. The second-order valence-electron chi connectivity index (χ2n) is 5.58. The topological polar surface area (TPSA) is 45.1 Å². The van der Waals surface area contributed by atoms with Gasteiger partial charge in [0.1, 0.15) is 0 Å². The van der Waals surface area contributed by atoms with Gasteiger partial charge in [-0.3, -0.25) is 0 Å². The predicted octanol–water partition coefficient (Wildman–Crippen LogP) is 3.21. The molecule has 0 aliphatic carbocycles. The molecule has 0 aliphatic rings. The molecule has 3 nitrogen and oxygen atoms in total. The molecule has 112 valence electrons. The summed E-state index contributed by atoms with van der Waals surface area (Å²) < 4.78 is 2.06. The number of carboxylic acids is 1. The SMILES string of the molecule is O=C([O-])c1cccc2c3ccccc3n(Cc3ccccc3)c12. The fraction of sp³-hybridized carbons (Fsp3) is 0.0500. The molecule has 0 saturated heterocycles. The average molecular weight is 300 g/mol. The average Bonchev–Trinajstić information content (AvgIpc) is 2.90. The Morgan fingerprint density at radius 3 is 2.30 bits per heavy atom. The molecule has 0 bridgehead atoms. The van der Waals surface area contributed by atoms with Crippen molar-refractivity contribution in [2.45, 2.75) is 6.54 Å². The van der Waals surface area contributed by atoms with Crippen molar-refractivity contribution in [2.75, 3.05) is 0 Å². The molecular weight excluding hydrogens is 286 g/mol. The predicted molar refractivity (Wildman–Crippen MR) is 89.3 cm³/mol. The monoisotopic (exact) mass is 300 g/mol. The maximum absolute atomic E-state index is 11.6. The summed E-state index contributed by atoms with van der Waals surface area (Å²) in [5.41, 5.74) is 3.11. The Kier molecular flexibility index (Phi) is 3.12. The van der Waals surface area contributed by atoms with Gasteiger partial charge in [-0.25, -0.2) is 0 Å². The second kappa shape index (κ2) is 5.29. The number of rotatable bonds is 3. The smallest absolute Gasteiger partial charge is 0.0736 e. The number of hydrogen-bond acceptors (Lipinski definition) is 2. The van der Waals surface area contributed by atoms with Crippen LogP contribution in [0.15, 0.2) is 72.8 Å². The summed E-state index contributed by atoms with van der Waals surface area (Å²) in [4.78, 5) is 11.6. The minimum Gasteiger partial charge on any atom is -0.545 e. The summed E-state index contributed by atoms with van der Waals surface area (Å²) >= 11 is 0. The quantitative estimate of drug-likeness (QED) is 0.583. The number of carbonyl (C=O) groups is 1. The third-order valence-electron chi connectivity index (χ3n) is 4.19. The number of carbonyl (C=O) groups excluding carboxylic acids is 1. The van der Waals surface area contributed by atoms with E-state index >= 15 is 0 Å². The lowest BCUT2D eigenvalue weighted by Crippen LogP contribution is -2.23. The Morgan fingerprint density at radius 2 is 1.52 bits per heavy atom. The van der Waals surface area contributed by atoms with Crippen LogP contribution in [0.3, 0.4) is 0 Å². The van der Waals surface area contributed by atoms with E-state index in [0.29, 0.717) is 6.54 Å². The number of hydrogen-bond donors (Lipinski definition) is 0. The lowest BCUT2D eigenvalue weighted by atomic mass is 10.1. The van der Waals surface area contributed by atoms with E-state index in [1.54, 1.807) is 12.1 Å². The first-order valence-corrected chi connectivity index (χ1v) is 7.51. The third kappa shape index (κ3) is 2.18. The molecule has 0 spiro atoms. The first-order chi connectivity index (χ1) is 11.3. The molecule has 23 heavy (non-hydrogen) atoms. The van der Waals surface area contributed by atoms with Gasteiger partial charge in [0.15, 0.2) is 0 Å². The Hall–Kier alpha value is -3.07. The van der Waals surface area contributed by atoms with E-state index < -0.39 is 5.97 Å². The van der Waals surface area contributed by atoms with Crippen molar-refractivity contribution >= 4 is 27.8 Å². The van der Waals surface area contributed by atoms with Crippen LogP contribution in [0.2, 0.25) is 0 Å². The van der Waals surface area contributed by atoms with Crippen LogP contribution in [-0.2, 0) is 6.54 Å². The fourth-order valence-electron chi connectivity index (χ4n) is 3.20. The zero-order chi connectivity index (χ0) is 15.8. The fourth-order valence-corrected chi connectivity index (χ4v) is 3.20. The molecule has 1 aromatic heterocycles. The molecule has 3 heteroatoms. The van der Waals surface area contributed by atoms with Gasteiger partial charge in [-0.15, -0.1) is 0 Å². The van der Waals surface area contributed by atoms with Gasteiger partial charge in [-0.2, -0.15) is 0 Å². The molecule has 4 rings (SSSR count). The summed E-state index contributed by atoms with van der Waals surface area (Å²) in [5, 5.41) is 13.6. The van der Waals surface area contributed by atoms with Crippen molar-refractivity contribution < 1.29 is 9.90 Å². The van der Waals surface area contributed by atoms with E-state index in [4.69, 9.17) is 0 Å². The van der Waals surface area contributed by atoms with Gasteiger partial charge >= 0.3 is 0 Å². The van der Waals surface area contributed by atoms with Gasteiger partial charge in [-0.1, -0.05) is 66.7 Å². The molecule has 0 fully saturated rings. The molecule has 0 unspecified atom stereocenters. The van der Waals surface area contributed by atoms with Crippen LogP contribution in [-0.4, -0.2) is 10.5 Å². The summed E-state index contributed by atoms with van der Waals surface area (Å²) in [5.74, 6) is -1.15. The van der Waals surface area contributed by atoms with Gasteiger partial charge in [0.25, 0.3) is 0 Å². The molecule has 0 saturated carbocycles. The maximum Gasteiger partial charge on any atom is 0.0736 e. The zero-order valence-electron chi connectivity index (χ0n) is 12.4. The first kappa shape index (κ1) is 13.6. The Labute approximate surface area is 133 Å². The summed E-state index contributed by atoms with van der Waals surface area (Å²) in [6, 6.07) is 23.4. The van der Waals surface area contributed by atoms with Gasteiger partial charge < -0.3 is 14.5 Å². The van der Waals surface area contributed by atoms with Gasteiger partial charge in [0.05, 0.1) is 11.5 Å². The number of aromatic nitrogens is 1. The molecule has 4 aromatic rings. The number of para-hydroxylation sites is 2. The third-order valence-corrected chi connectivity index (χ3v) is 4.19. The van der Waals surface area contributed by atoms with E-state index in [1.807, 2.05) is 60.7 Å². The molecular formula is C20H14NO2-. The van der Waals surface area contributed by atoms with E-state index in [1.165, 1.54) is 0 Å². The van der Waals surface area contributed by atoms with Gasteiger partial charge in [0, 0.05) is 28.4 Å². The van der Waals surface area contributed by atoms with Crippen LogP contribution in [0, 0.1) is 0 Å². The van der Waals surface area contributed by atoms with Crippen molar-refractivity contribution in [3.8, 4) is 0 Å². The number of aromatic carboxylic acids is 1. The number of fused-ring (bicyclic) bond motifs is 3. The van der Waals surface area contributed by atoms with Gasteiger partial charge in [0.2, 0.25) is 0 Å². The van der Waals surface area contributed by atoms with E-state index in [9.17, 15) is 9.90 Å². The van der Waals surface area contributed by atoms with Crippen molar-refractivity contribution in [1.29, 1.82) is 0 Å². The molecule has 1 heterocycles. The Balaban J connectivity index is 2.08. The van der Waals surface area contributed by atoms with Crippen LogP contribution in [0.5, 0.6) is 0 Å². The molecule has 0 aliphatic heterocycles. The molecule has 0 amide bonds. The maximum atomic E-state index is 11.6. The van der Waals surface area contributed by atoms with Crippen molar-refractivity contribution in [2.24, 2.45) is 0 Å². The van der Waals surface area contributed by atoms with Crippen molar-refractivity contribution in [3.63, 3.8) is 0 Å². The summed E-state index contributed by atoms with van der Waals surface area (Å²) in [6.07, 6.45) is 0. The van der Waals surface area contributed by atoms with Crippen LogP contribution < -0.4 is 5.11 Å². The molecule has 0 N–H and O–H groups in total. The van der Waals surface area contributed by atoms with Crippen LogP contribution in [0.25, 0.3) is 21.8 Å². The number of nitrogens with zero attached hydrogens (tertiary/aromatic N) is 1. The zero-order valence-corrected chi connectivity index (χ0v) is 12.4. The minimum absolute atomic E-state index is 0.231. The first-order valence-electron chi connectivity index (χ1n) is 7.51. The lowest BCUT2D eigenvalue weighted by Gasteiger charge is -2.11. The summed E-state index contributed by atoms with van der Waals surface area (Å²) in [6.45, 7) is 0.620. The normalized spacial score (nSPS) is 11.1. The highest BCUT2D eigenvalue weighted by Gasteiger charge is 2.14. The van der Waals surface area contributed by atoms with E-state index in [2.05, 4.69) is 4.57 Å². The standard InChI is InChI=1S/C20H15NO2/c22-20(23)17-11-6-10-16-15-9-4-5-12-18(15)21(19(16)17)13-14-7-2-1-3-8-14/h1-12H,13H2,(H,22,23)/p-1. The minimum atomic E-state index is -1.15. The van der Waals surface area contributed by atoms with Crippen LogP contribution in [0.4, 0.5) is 0 Å². The molecule has 0 radical (unpaired) electrons. The van der Waals surface area contributed by atoms with Crippen molar-refractivity contribution in [3.05, 3.63) is 83.9 Å². The number of carboxylic acid groups (broad SMARTS) is 1. The van der Waals surface area contributed by atoms with Crippen LogP contribution in [0.1, 0.15) is 15.9 Å². The lowest BCUT2D eigenvalue weighted by molar-refractivity contribution is -0.254. The number of benzene rings is 3. The van der Waals surface area contributed by atoms with Crippen LogP contribution >= 0.6 is 0 Å². The molecule has 0 atom stereocenters. The highest BCUT2D eigenvalue weighted by atomic mass is 16.4. The molecule has 3 aromatic carbocycles. The van der Waals surface area contributed by atoms with Gasteiger partial charge in [-0.05, 0) is 11.6 Å². The highest BCUT2D eigenvalue weighted by Crippen LogP contribution is 2.31. The Bertz CT molecular complexity index is 1020. The largest absolute Gasteiger partial charge is 0.545 e. The van der Waals surface area contributed by atoms with E-state index in [-0.39, 0.29) is 5.56 Å².